The van der Waals surface area contributed by atoms with Crippen molar-refractivity contribution in [3.8, 4) is 0 Å². The molecule has 3 heteroatoms. The predicted octanol–water partition coefficient (Wildman–Crippen LogP) is 1.20. The lowest BCUT2D eigenvalue weighted by molar-refractivity contribution is 0.545. The summed E-state index contributed by atoms with van der Waals surface area (Å²) in [5, 5.41) is 3.36. The minimum atomic E-state index is 0.355. The van der Waals surface area contributed by atoms with Gasteiger partial charge in [0.15, 0.2) is 0 Å². The van der Waals surface area contributed by atoms with E-state index in [1.807, 2.05) is 0 Å². The van der Waals surface area contributed by atoms with Crippen molar-refractivity contribution in [1.29, 1.82) is 0 Å². The highest BCUT2D eigenvalue weighted by Gasteiger charge is 2.25. The van der Waals surface area contributed by atoms with E-state index in [4.69, 9.17) is 0 Å². The van der Waals surface area contributed by atoms with Crippen molar-refractivity contribution in [1.82, 2.24) is 15.3 Å². The van der Waals surface area contributed by atoms with Gasteiger partial charge in [-0.05, 0) is 13.8 Å². The van der Waals surface area contributed by atoms with Crippen LogP contribution in [0, 0.1) is 0 Å². The molecule has 1 aromatic rings. The summed E-state index contributed by atoms with van der Waals surface area (Å²) >= 11 is 0. The molecule has 58 valence electrons. The van der Waals surface area contributed by atoms with Gasteiger partial charge in [0.25, 0.3) is 0 Å². The molecule has 2 unspecified atom stereocenters. The van der Waals surface area contributed by atoms with E-state index in [-0.39, 0.29) is 0 Å². The summed E-state index contributed by atoms with van der Waals surface area (Å²) in [5.74, 6) is 0. The third-order valence-corrected chi connectivity index (χ3v) is 2.08. The molecule has 0 amide bonds. The maximum Gasteiger partial charge on any atom is 0.0801 e. The number of hydrogen-bond acceptors (Lipinski definition) is 3. The van der Waals surface area contributed by atoms with Crippen molar-refractivity contribution in [2.24, 2.45) is 0 Å². The van der Waals surface area contributed by atoms with Crippen LogP contribution in [-0.2, 0) is 0 Å². The summed E-state index contributed by atoms with van der Waals surface area (Å²) in [4.78, 5) is 8.53. The second-order valence-corrected chi connectivity index (χ2v) is 2.94. The molecule has 0 aromatic carbocycles. The van der Waals surface area contributed by atoms with Crippen LogP contribution in [0.2, 0.25) is 0 Å². The van der Waals surface area contributed by atoms with Gasteiger partial charge in [-0.1, -0.05) is 0 Å². The topological polar surface area (TPSA) is 37.8 Å². The van der Waals surface area contributed by atoms with Crippen molar-refractivity contribution in [2.75, 3.05) is 0 Å². The van der Waals surface area contributed by atoms with E-state index in [1.165, 1.54) is 0 Å². The van der Waals surface area contributed by atoms with E-state index in [9.17, 15) is 0 Å². The Balaban J connectivity index is 2.52. The summed E-state index contributed by atoms with van der Waals surface area (Å²) < 4.78 is 0. The molecule has 1 aliphatic heterocycles. The Hall–Kier alpha value is -0.960. The van der Waals surface area contributed by atoms with Crippen LogP contribution in [0.15, 0.2) is 12.4 Å². The second-order valence-electron chi connectivity index (χ2n) is 2.94. The molecule has 0 saturated heterocycles. The van der Waals surface area contributed by atoms with Gasteiger partial charge >= 0.3 is 0 Å². The zero-order valence-corrected chi connectivity index (χ0v) is 6.70. The number of nitrogens with zero attached hydrogens (tertiary/aromatic N) is 2. The van der Waals surface area contributed by atoms with Gasteiger partial charge in [-0.3, -0.25) is 9.97 Å². The lowest BCUT2D eigenvalue weighted by Gasteiger charge is -2.02. The molecule has 1 aliphatic rings. The SMILES string of the molecule is CC1NC(C)c2nccnc21. The summed E-state index contributed by atoms with van der Waals surface area (Å²) in [7, 11) is 0. The van der Waals surface area contributed by atoms with Crippen LogP contribution < -0.4 is 5.32 Å². The third-order valence-electron chi connectivity index (χ3n) is 2.08. The summed E-state index contributed by atoms with van der Waals surface area (Å²) in [6.07, 6.45) is 3.49. The number of fused-ring (bicyclic) bond motifs is 1. The van der Waals surface area contributed by atoms with Gasteiger partial charge in [0, 0.05) is 24.5 Å². The molecule has 0 spiro atoms. The van der Waals surface area contributed by atoms with Crippen LogP contribution >= 0.6 is 0 Å². The third kappa shape index (κ3) is 0.922. The molecular weight excluding hydrogens is 138 g/mol. The van der Waals surface area contributed by atoms with Gasteiger partial charge in [-0.15, -0.1) is 0 Å². The maximum absolute atomic E-state index is 4.27. The van der Waals surface area contributed by atoms with E-state index >= 15 is 0 Å². The van der Waals surface area contributed by atoms with Crippen LogP contribution in [0.1, 0.15) is 37.3 Å². The highest BCUT2D eigenvalue weighted by atomic mass is 15.0. The average Bonchev–Trinajstić information content (AvgIpc) is 2.30. The predicted molar refractivity (Wildman–Crippen MR) is 42.0 cm³/mol. The Morgan fingerprint density at radius 3 is 2.00 bits per heavy atom. The zero-order valence-electron chi connectivity index (χ0n) is 6.70. The van der Waals surface area contributed by atoms with Gasteiger partial charge in [0.1, 0.15) is 0 Å². The van der Waals surface area contributed by atoms with Gasteiger partial charge in [-0.2, -0.15) is 0 Å². The van der Waals surface area contributed by atoms with Crippen molar-refractivity contribution < 1.29 is 0 Å². The lowest BCUT2D eigenvalue weighted by Crippen LogP contribution is -2.12. The van der Waals surface area contributed by atoms with Crippen LogP contribution in [0.5, 0.6) is 0 Å². The van der Waals surface area contributed by atoms with Crippen LogP contribution in [0.4, 0.5) is 0 Å². The molecule has 0 aliphatic carbocycles. The first-order valence-electron chi connectivity index (χ1n) is 3.86. The number of nitrogens with one attached hydrogen (secondary N) is 1. The molecule has 2 heterocycles. The maximum atomic E-state index is 4.27. The van der Waals surface area contributed by atoms with Crippen LogP contribution in [0.3, 0.4) is 0 Å². The van der Waals surface area contributed by atoms with E-state index in [1.54, 1.807) is 12.4 Å². The summed E-state index contributed by atoms with van der Waals surface area (Å²) in [6, 6.07) is 0.711. The molecule has 1 aromatic heterocycles. The van der Waals surface area contributed by atoms with Gasteiger partial charge in [-0.25, -0.2) is 0 Å². The fourth-order valence-corrected chi connectivity index (χ4v) is 1.56. The highest BCUT2D eigenvalue weighted by molar-refractivity contribution is 5.23. The van der Waals surface area contributed by atoms with Gasteiger partial charge < -0.3 is 5.32 Å². The van der Waals surface area contributed by atoms with E-state index in [0.29, 0.717) is 12.1 Å². The Morgan fingerprint density at radius 1 is 1.09 bits per heavy atom. The molecule has 3 nitrogen and oxygen atoms in total. The Morgan fingerprint density at radius 2 is 1.55 bits per heavy atom. The van der Waals surface area contributed by atoms with Gasteiger partial charge in [0.2, 0.25) is 0 Å². The molecule has 2 rings (SSSR count). The molecule has 11 heavy (non-hydrogen) atoms. The Kier molecular flexibility index (Phi) is 1.39. The van der Waals surface area contributed by atoms with Crippen molar-refractivity contribution in [3.05, 3.63) is 23.8 Å². The van der Waals surface area contributed by atoms with Crippen LogP contribution in [0.25, 0.3) is 0 Å². The molecule has 0 radical (unpaired) electrons. The van der Waals surface area contributed by atoms with Crippen molar-refractivity contribution in [2.45, 2.75) is 25.9 Å². The summed E-state index contributed by atoms with van der Waals surface area (Å²) in [6.45, 7) is 4.22. The molecule has 1 N–H and O–H groups in total. The monoisotopic (exact) mass is 149 g/mol. The molecule has 2 atom stereocenters. The quantitative estimate of drug-likeness (QED) is 0.602. The van der Waals surface area contributed by atoms with Crippen molar-refractivity contribution >= 4 is 0 Å². The largest absolute Gasteiger partial charge is 0.301 e. The Bertz CT molecular complexity index is 245. The number of rotatable bonds is 0. The molecular formula is C8H11N3. The smallest absolute Gasteiger partial charge is 0.0801 e. The Labute approximate surface area is 65.9 Å². The fourth-order valence-electron chi connectivity index (χ4n) is 1.56. The zero-order chi connectivity index (χ0) is 7.84. The second kappa shape index (κ2) is 2.27. The van der Waals surface area contributed by atoms with Gasteiger partial charge in [0.05, 0.1) is 11.4 Å². The molecule has 0 saturated carbocycles. The van der Waals surface area contributed by atoms with E-state index in [2.05, 4.69) is 29.1 Å². The molecule has 0 fully saturated rings. The van der Waals surface area contributed by atoms with Crippen molar-refractivity contribution in [3.63, 3.8) is 0 Å². The van der Waals surface area contributed by atoms with E-state index < -0.39 is 0 Å². The normalized spacial score (nSPS) is 28.5. The lowest BCUT2D eigenvalue weighted by atomic mass is 10.2. The summed E-state index contributed by atoms with van der Waals surface area (Å²) in [5.41, 5.74) is 2.19. The number of hydrogen-bond donors (Lipinski definition) is 1. The minimum Gasteiger partial charge on any atom is -0.301 e. The first kappa shape index (κ1) is 6.73. The fraction of sp³-hybridized carbons (Fsp3) is 0.500. The first-order chi connectivity index (χ1) is 5.29. The highest BCUT2D eigenvalue weighted by Crippen LogP contribution is 2.27. The standard InChI is InChI=1S/C8H11N3/c1-5-7-8(6(2)11-5)10-4-3-9-7/h3-6,11H,1-2H3. The first-order valence-corrected chi connectivity index (χ1v) is 3.86. The minimum absolute atomic E-state index is 0.355. The van der Waals surface area contributed by atoms with Crippen LogP contribution in [-0.4, -0.2) is 9.97 Å². The molecule has 0 bridgehead atoms. The average molecular weight is 149 g/mol. The number of aromatic nitrogens is 2. The van der Waals surface area contributed by atoms with E-state index in [0.717, 1.165) is 11.4 Å².